The quantitative estimate of drug-likeness (QED) is 0.685. The van der Waals surface area contributed by atoms with Crippen molar-refractivity contribution < 1.29 is 9.47 Å². The van der Waals surface area contributed by atoms with Crippen molar-refractivity contribution in [2.24, 2.45) is 0 Å². The molecule has 0 aliphatic heterocycles. The van der Waals surface area contributed by atoms with Crippen molar-refractivity contribution in [3.05, 3.63) is 51.9 Å². The summed E-state index contributed by atoms with van der Waals surface area (Å²) in [5, 5.41) is 1.43. The lowest BCUT2D eigenvalue weighted by Gasteiger charge is -2.20. The van der Waals surface area contributed by atoms with Gasteiger partial charge < -0.3 is 14.5 Å². The van der Waals surface area contributed by atoms with E-state index >= 15 is 0 Å². The third kappa shape index (κ3) is 3.10. The van der Waals surface area contributed by atoms with Crippen LogP contribution in [-0.4, -0.2) is 35.4 Å². The van der Waals surface area contributed by atoms with E-state index in [-0.39, 0.29) is 11.5 Å². The highest BCUT2D eigenvalue weighted by Gasteiger charge is 2.21. The van der Waals surface area contributed by atoms with Crippen LogP contribution in [0.3, 0.4) is 0 Å². The summed E-state index contributed by atoms with van der Waals surface area (Å²) in [5.41, 5.74) is 1.04. The first-order chi connectivity index (χ1) is 11.1. The molecule has 1 unspecified atom stereocenters. The van der Waals surface area contributed by atoms with Crippen molar-refractivity contribution in [1.82, 2.24) is 15.0 Å². The van der Waals surface area contributed by atoms with E-state index in [0.29, 0.717) is 28.5 Å². The van der Waals surface area contributed by atoms with Crippen molar-refractivity contribution in [2.45, 2.75) is 17.5 Å². The SMILES string of the molecule is COC1=CC(c2cc3cnc(SC)nc3[nH]c2=O)CC(OC)=C1. The second-order valence-electron chi connectivity index (χ2n) is 5.11. The van der Waals surface area contributed by atoms with E-state index in [2.05, 4.69) is 15.0 Å². The number of fused-ring (bicyclic) bond motifs is 1. The molecule has 3 rings (SSSR count). The number of pyridine rings is 1. The molecule has 0 saturated carbocycles. The van der Waals surface area contributed by atoms with Crippen LogP contribution in [0.15, 0.2) is 45.9 Å². The maximum atomic E-state index is 12.5. The van der Waals surface area contributed by atoms with Crippen LogP contribution in [-0.2, 0) is 9.47 Å². The summed E-state index contributed by atoms with van der Waals surface area (Å²) < 4.78 is 10.6. The topological polar surface area (TPSA) is 77.1 Å². The lowest BCUT2D eigenvalue weighted by Crippen LogP contribution is -2.18. The number of nitrogens with zero attached hydrogens (tertiary/aromatic N) is 2. The molecule has 6 nitrogen and oxygen atoms in total. The Labute approximate surface area is 137 Å². The lowest BCUT2D eigenvalue weighted by atomic mass is 9.91. The number of methoxy groups -OCH3 is 2. The predicted molar refractivity (Wildman–Crippen MR) is 89.5 cm³/mol. The van der Waals surface area contributed by atoms with Gasteiger partial charge in [0, 0.05) is 35.6 Å². The van der Waals surface area contributed by atoms with Gasteiger partial charge >= 0.3 is 0 Å². The third-order valence-corrected chi connectivity index (χ3v) is 4.33. The van der Waals surface area contributed by atoms with Crippen molar-refractivity contribution in [2.75, 3.05) is 20.5 Å². The van der Waals surface area contributed by atoms with Crippen LogP contribution < -0.4 is 5.56 Å². The highest BCUT2D eigenvalue weighted by Crippen LogP contribution is 2.30. The van der Waals surface area contributed by atoms with Crippen LogP contribution in [0.5, 0.6) is 0 Å². The minimum Gasteiger partial charge on any atom is -0.501 e. The second kappa shape index (κ2) is 6.45. The highest BCUT2D eigenvalue weighted by atomic mass is 32.2. The number of aromatic amines is 1. The van der Waals surface area contributed by atoms with Crippen LogP contribution in [0.2, 0.25) is 0 Å². The average Bonchev–Trinajstić information content (AvgIpc) is 2.59. The molecule has 0 bridgehead atoms. The third-order valence-electron chi connectivity index (χ3n) is 3.77. The Morgan fingerprint density at radius 2 is 2.17 bits per heavy atom. The van der Waals surface area contributed by atoms with Crippen molar-refractivity contribution in [3.63, 3.8) is 0 Å². The molecule has 0 amide bonds. The summed E-state index contributed by atoms with van der Waals surface area (Å²) in [6, 6.07) is 1.84. The molecule has 1 atom stereocenters. The largest absolute Gasteiger partial charge is 0.501 e. The van der Waals surface area contributed by atoms with Crippen molar-refractivity contribution in [3.8, 4) is 0 Å². The van der Waals surface area contributed by atoms with E-state index in [1.165, 1.54) is 11.8 Å². The lowest BCUT2D eigenvalue weighted by molar-refractivity contribution is 0.253. The number of thioether (sulfide) groups is 1. The fourth-order valence-electron chi connectivity index (χ4n) is 2.58. The van der Waals surface area contributed by atoms with Crippen molar-refractivity contribution >= 4 is 22.8 Å². The minimum atomic E-state index is -0.155. The Morgan fingerprint density at radius 3 is 2.87 bits per heavy atom. The number of aromatic nitrogens is 3. The highest BCUT2D eigenvalue weighted by molar-refractivity contribution is 7.98. The molecule has 120 valence electrons. The summed E-state index contributed by atoms with van der Waals surface area (Å²) in [6.07, 6.45) is 7.99. The molecule has 2 aromatic rings. The molecule has 0 spiro atoms. The number of rotatable bonds is 4. The van der Waals surface area contributed by atoms with Gasteiger partial charge in [-0.15, -0.1) is 0 Å². The van der Waals surface area contributed by atoms with Gasteiger partial charge in [-0.3, -0.25) is 4.79 Å². The summed E-state index contributed by atoms with van der Waals surface area (Å²) in [7, 11) is 3.21. The Hall–Kier alpha value is -2.28. The first kappa shape index (κ1) is 15.6. The van der Waals surface area contributed by atoms with Gasteiger partial charge in [-0.25, -0.2) is 9.97 Å². The first-order valence-corrected chi connectivity index (χ1v) is 8.31. The number of H-pyrrole nitrogens is 1. The van der Waals surface area contributed by atoms with Gasteiger partial charge in [-0.1, -0.05) is 11.8 Å². The minimum absolute atomic E-state index is 0.113. The smallest absolute Gasteiger partial charge is 0.253 e. The van der Waals surface area contributed by atoms with E-state index in [9.17, 15) is 4.79 Å². The zero-order chi connectivity index (χ0) is 16.4. The van der Waals surface area contributed by atoms with E-state index in [4.69, 9.17) is 9.47 Å². The molecule has 0 aromatic carbocycles. The molecular formula is C16H17N3O3S. The first-order valence-electron chi connectivity index (χ1n) is 7.09. The van der Waals surface area contributed by atoms with E-state index in [1.807, 2.05) is 24.5 Å². The zero-order valence-corrected chi connectivity index (χ0v) is 13.9. The summed E-state index contributed by atoms with van der Waals surface area (Å²) in [4.78, 5) is 23.9. The number of hydrogen-bond donors (Lipinski definition) is 1. The van der Waals surface area contributed by atoms with Gasteiger partial charge in [-0.2, -0.15) is 0 Å². The molecule has 1 aliphatic carbocycles. The van der Waals surface area contributed by atoms with Gasteiger partial charge in [0.1, 0.15) is 17.2 Å². The van der Waals surface area contributed by atoms with Crippen LogP contribution in [0.4, 0.5) is 0 Å². The zero-order valence-electron chi connectivity index (χ0n) is 13.1. The number of ether oxygens (including phenoxy) is 2. The monoisotopic (exact) mass is 331 g/mol. The molecule has 7 heteroatoms. The molecule has 23 heavy (non-hydrogen) atoms. The number of hydrogen-bond acceptors (Lipinski definition) is 6. The maximum Gasteiger partial charge on any atom is 0.253 e. The molecule has 0 saturated heterocycles. The molecule has 2 heterocycles. The Bertz CT molecular complexity index is 857. The van der Waals surface area contributed by atoms with Crippen LogP contribution in [0.25, 0.3) is 11.0 Å². The fraction of sp³-hybridized carbons (Fsp3) is 0.312. The van der Waals surface area contributed by atoms with Gasteiger partial charge in [0.2, 0.25) is 0 Å². The van der Waals surface area contributed by atoms with Crippen LogP contribution >= 0.6 is 11.8 Å². The van der Waals surface area contributed by atoms with Gasteiger partial charge in [0.15, 0.2) is 5.16 Å². The van der Waals surface area contributed by atoms with Gasteiger partial charge in [-0.05, 0) is 18.4 Å². The summed E-state index contributed by atoms with van der Waals surface area (Å²) in [6.45, 7) is 0. The van der Waals surface area contributed by atoms with E-state index in [1.54, 1.807) is 20.4 Å². The number of nitrogens with one attached hydrogen (secondary N) is 1. The van der Waals surface area contributed by atoms with Crippen molar-refractivity contribution in [1.29, 1.82) is 0 Å². The second-order valence-corrected chi connectivity index (χ2v) is 5.89. The standard InChI is InChI=1S/C16H17N3O3S/c1-21-11-4-9(5-12(7-11)22-2)13-6-10-8-17-16(23-3)19-14(10)18-15(13)20/h4,6-9H,5H2,1-3H3,(H,17,18,19,20). The molecule has 0 radical (unpaired) electrons. The molecule has 1 N–H and O–H groups in total. The summed E-state index contributed by atoms with van der Waals surface area (Å²) in [5.74, 6) is 1.35. The normalized spacial score (nSPS) is 17.6. The van der Waals surface area contributed by atoms with Crippen LogP contribution in [0, 0.1) is 0 Å². The molecule has 0 fully saturated rings. The fourth-order valence-corrected chi connectivity index (χ4v) is 2.92. The molecule has 2 aromatic heterocycles. The molecule has 1 aliphatic rings. The van der Waals surface area contributed by atoms with E-state index < -0.39 is 0 Å². The van der Waals surface area contributed by atoms with Gasteiger partial charge in [0.05, 0.1) is 14.2 Å². The molecular weight excluding hydrogens is 314 g/mol. The maximum absolute atomic E-state index is 12.5. The Kier molecular flexibility index (Phi) is 4.38. The predicted octanol–water partition coefficient (Wildman–Crippen LogP) is 2.59. The number of allylic oxidation sites excluding steroid dienone is 3. The Morgan fingerprint density at radius 1 is 1.35 bits per heavy atom. The van der Waals surface area contributed by atoms with E-state index in [0.717, 1.165) is 11.1 Å². The van der Waals surface area contributed by atoms with Crippen LogP contribution in [0.1, 0.15) is 17.9 Å². The average molecular weight is 331 g/mol. The Balaban J connectivity index is 2.06. The summed E-state index contributed by atoms with van der Waals surface area (Å²) >= 11 is 1.43. The van der Waals surface area contributed by atoms with Gasteiger partial charge in [0.25, 0.3) is 5.56 Å².